The highest BCUT2D eigenvalue weighted by Gasteiger charge is 2.57. The molecule has 0 amide bonds. The van der Waals surface area contributed by atoms with Crippen LogP contribution in [-0.2, 0) is 11.8 Å². The fourth-order valence-corrected chi connectivity index (χ4v) is 7.01. The maximum atomic E-state index is 5.63. The van der Waals surface area contributed by atoms with Gasteiger partial charge in [-0.05, 0) is 92.0 Å². The van der Waals surface area contributed by atoms with Crippen LogP contribution >= 0.6 is 0 Å². The standard InChI is InChI=1S/C24H35NO/c1-16-9-10-24-11-12-25(15-18-5-4-6-18)22(23(24)17(16)2)13-19-7-8-20(26-3)14-21(19)24/h7-8,14,16-18,22-23H,4-6,9-13,15H2,1-3H3/t16?,17-,22+,23?,24-/m0/s1. The van der Waals surface area contributed by atoms with E-state index in [1.807, 2.05) is 7.11 Å². The second kappa shape index (κ2) is 6.26. The zero-order chi connectivity index (χ0) is 17.9. The molecule has 1 aromatic rings. The van der Waals surface area contributed by atoms with E-state index in [0.717, 1.165) is 35.5 Å². The first-order valence-corrected chi connectivity index (χ1v) is 11.0. The van der Waals surface area contributed by atoms with Crippen molar-refractivity contribution in [1.82, 2.24) is 4.90 Å². The minimum Gasteiger partial charge on any atom is -0.497 e. The third-order valence-corrected chi connectivity index (χ3v) is 8.88. The van der Waals surface area contributed by atoms with Crippen molar-refractivity contribution in [2.45, 2.75) is 70.3 Å². The summed E-state index contributed by atoms with van der Waals surface area (Å²) in [6, 6.07) is 7.75. The highest BCUT2D eigenvalue weighted by molar-refractivity contribution is 5.46. The molecule has 0 radical (unpaired) electrons. The molecule has 142 valence electrons. The molecule has 0 N–H and O–H groups in total. The summed E-state index contributed by atoms with van der Waals surface area (Å²) < 4.78 is 5.63. The van der Waals surface area contributed by atoms with Crippen LogP contribution < -0.4 is 4.74 Å². The molecule has 1 aromatic carbocycles. The average Bonchev–Trinajstić information content (AvgIpc) is 2.62. The van der Waals surface area contributed by atoms with Crippen molar-refractivity contribution in [3.63, 3.8) is 0 Å². The van der Waals surface area contributed by atoms with E-state index in [-0.39, 0.29) is 0 Å². The topological polar surface area (TPSA) is 12.5 Å². The van der Waals surface area contributed by atoms with E-state index in [4.69, 9.17) is 4.74 Å². The molecule has 3 aliphatic carbocycles. The first-order valence-electron chi connectivity index (χ1n) is 11.0. The fraction of sp³-hybridized carbons (Fsp3) is 0.750. The first-order chi connectivity index (χ1) is 12.6. The molecule has 2 nitrogen and oxygen atoms in total. The molecule has 2 saturated carbocycles. The number of rotatable bonds is 3. The Morgan fingerprint density at radius 2 is 2.00 bits per heavy atom. The van der Waals surface area contributed by atoms with Gasteiger partial charge in [-0.1, -0.05) is 26.3 Å². The number of hydrogen-bond donors (Lipinski definition) is 0. The summed E-state index contributed by atoms with van der Waals surface area (Å²) in [5.41, 5.74) is 3.68. The Labute approximate surface area is 159 Å². The molecule has 4 aliphatic rings. The number of hydrogen-bond acceptors (Lipinski definition) is 2. The Hall–Kier alpha value is -1.02. The average molecular weight is 354 g/mol. The Bertz CT molecular complexity index is 681. The van der Waals surface area contributed by atoms with Gasteiger partial charge in [-0.3, -0.25) is 4.90 Å². The first kappa shape index (κ1) is 17.1. The van der Waals surface area contributed by atoms with Crippen LogP contribution in [-0.4, -0.2) is 31.1 Å². The van der Waals surface area contributed by atoms with Gasteiger partial charge in [0.05, 0.1) is 7.11 Å². The third-order valence-electron chi connectivity index (χ3n) is 8.88. The highest BCUT2D eigenvalue weighted by atomic mass is 16.5. The molecule has 1 aliphatic heterocycles. The van der Waals surface area contributed by atoms with E-state index in [0.29, 0.717) is 5.41 Å². The van der Waals surface area contributed by atoms with Crippen molar-refractivity contribution >= 4 is 0 Å². The van der Waals surface area contributed by atoms with Crippen molar-refractivity contribution in [3.05, 3.63) is 29.3 Å². The van der Waals surface area contributed by atoms with E-state index >= 15 is 0 Å². The molecule has 5 atom stereocenters. The van der Waals surface area contributed by atoms with Crippen LogP contribution in [0.4, 0.5) is 0 Å². The lowest BCUT2D eigenvalue weighted by atomic mass is 9.48. The minimum absolute atomic E-state index is 0.412. The zero-order valence-electron chi connectivity index (χ0n) is 16.8. The molecule has 2 bridgehead atoms. The number of ether oxygens (including phenoxy) is 1. The number of likely N-dealkylation sites (tertiary alicyclic amines) is 1. The predicted molar refractivity (Wildman–Crippen MR) is 107 cm³/mol. The van der Waals surface area contributed by atoms with Gasteiger partial charge < -0.3 is 4.74 Å². The number of methoxy groups -OCH3 is 1. The van der Waals surface area contributed by atoms with Gasteiger partial charge in [0.2, 0.25) is 0 Å². The largest absolute Gasteiger partial charge is 0.497 e. The van der Waals surface area contributed by atoms with Crippen LogP contribution in [0.25, 0.3) is 0 Å². The second-order valence-electron chi connectivity index (χ2n) is 9.89. The second-order valence-corrected chi connectivity index (χ2v) is 9.89. The lowest BCUT2D eigenvalue weighted by Gasteiger charge is -2.62. The lowest BCUT2D eigenvalue weighted by Crippen LogP contribution is -2.64. The van der Waals surface area contributed by atoms with Gasteiger partial charge in [0.1, 0.15) is 5.75 Å². The molecular weight excluding hydrogens is 318 g/mol. The summed E-state index contributed by atoms with van der Waals surface area (Å²) in [6.45, 7) is 7.75. The summed E-state index contributed by atoms with van der Waals surface area (Å²) in [5, 5.41) is 0. The normalized spacial score (nSPS) is 39.7. The van der Waals surface area contributed by atoms with Gasteiger partial charge >= 0.3 is 0 Å². The van der Waals surface area contributed by atoms with Gasteiger partial charge in [0.25, 0.3) is 0 Å². The monoisotopic (exact) mass is 353 g/mol. The molecule has 26 heavy (non-hydrogen) atoms. The van der Waals surface area contributed by atoms with E-state index < -0.39 is 0 Å². The fourth-order valence-electron chi connectivity index (χ4n) is 7.01. The molecule has 0 spiro atoms. The molecule has 2 heteroatoms. The number of nitrogens with zero attached hydrogens (tertiary/aromatic N) is 1. The summed E-state index contributed by atoms with van der Waals surface area (Å²) >= 11 is 0. The quantitative estimate of drug-likeness (QED) is 0.754. The van der Waals surface area contributed by atoms with Crippen LogP contribution in [0.15, 0.2) is 18.2 Å². The van der Waals surface area contributed by atoms with Gasteiger partial charge in [-0.15, -0.1) is 0 Å². The molecule has 3 fully saturated rings. The van der Waals surface area contributed by atoms with Crippen molar-refractivity contribution in [1.29, 1.82) is 0 Å². The van der Waals surface area contributed by atoms with E-state index in [1.165, 1.54) is 58.0 Å². The smallest absolute Gasteiger partial charge is 0.119 e. The zero-order valence-corrected chi connectivity index (χ0v) is 16.8. The lowest BCUT2D eigenvalue weighted by molar-refractivity contribution is -0.0645. The van der Waals surface area contributed by atoms with Crippen LogP contribution in [0.2, 0.25) is 0 Å². The van der Waals surface area contributed by atoms with Crippen LogP contribution in [0.3, 0.4) is 0 Å². The molecule has 0 aromatic heterocycles. The van der Waals surface area contributed by atoms with E-state index in [9.17, 15) is 0 Å². The van der Waals surface area contributed by atoms with Crippen LogP contribution in [0.5, 0.6) is 5.75 Å². The molecular formula is C24H35NO. The Kier molecular flexibility index (Phi) is 4.12. The van der Waals surface area contributed by atoms with Crippen molar-refractivity contribution in [3.8, 4) is 5.75 Å². The van der Waals surface area contributed by atoms with Crippen LogP contribution in [0, 0.1) is 23.7 Å². The SMILES string of the molecule is COc1ccc2c(c1)[C@@]13CCC(C)[C@H](C)C1[C@@H](C2)N(CC1CCC1)CC3. The van der Waals surface area contributed by atoms with Gasteiger partial charge in [0, 0.05) is 18.0 Å². The summed E-state index contributed by atoms with van der Waals surface area (Å²) in [5.74, 6) is 4.57. The molecule has 1 saturated heterocycles. The van der Waals surface area contributed by atoms with Gasteiger partial charge in [-0.25, -0.2) is 0 Å². The summed E-state index contributed by atoms with van der Waals surface area (Å²) in [7, 11) is 1.81. The van der Waals surface area contributed by atoms with Crippen molar-refractivity contribution in [2.24, 2.45) is 23.7 Å². The maximum absolute atomic E-state index is 5.63. The van der Waals surface area contributed by atoms with E-state index in [2.05, 4.69) is 36.9 Å². The molecule has 1 heterocycles. The maximum Gasteiger partial charge on any atom is 0.119 e. The highest BCUT2D eigenvalue weighted by Crippen LogP contribution is 2.59. The molecule has 5 rings (SSSR count). The summed E-state index contributed by atoms with van der Waals surface area (Å²) in [6.07, 6.45) is 9.80. The Morgan fingerprint density at radius 1 is 1.15 bits per heavy atom. The number of fused-ring (bicyclic) bond motifs is 1. The summed E-state index contributed by atoms with van der Waals surface area (Å²) in [4.78, 5) is 2.93. The van der Waals surface area contributed by atoms with Crippen LogP contribution in [0.1, 0.15) is 63.5 Å². The number of piperidine rings is 1. The molecule has 2 unspecified atom stereocenters. The Morgan fingerprint density at radius 3 is 2.73 bits per heavy atom. The van der Waals surface area contributed by atoms with Gasteiger partial charge in [-0.2, -0.15) is 0 Å². The van der Waals surface area contributed by atoms with Crippen molar-refractivity contribution < 1.29 is 4.74 Å². The number of benzene rings is 1. The van der Waals surface area contributed by atoms with E-state index in [1.54, 1.807) is 11.1 Å². The third kappa shape index (κ3) is 2.40. The Balaban J connectivity index is 1.57. The predicted octanol–water partition coefficient (Wildman–Crippen LogP) is 5.05. The van der Waals surface area contributed by atoms with Crippen molar-refractivity contribution in [2.75, 3.05) is 20.2 Å². The van der Waals surface area contributed by atoms with Gasteiger partial charge in [0.15, 0.2) is 0 Å². The minimum atomic E-state index is 0.412.